The molecular weight excluding hydrogens is 1070 g/mol. The second-order valence-electron chi connectivity index (χ2n) is 15.5. The van der Waals surface area contributed by atoms with Crippen LogP contribution >= 0.6 is 47.8 Å². The quantitative estimate of drug-likeness (QED) is 0.0411. The van der Waals surface area contributed by atoms with E-state index in [0.29, 0.717) is 26.5 Å². The molecule has 70 heavy (non-hydrogen) atoms. The number of rotatable bonds is 14. The largest absolute Gasteiger partial charge is 0.345 e. The molecule has 0 aliphatic heterocycles. The fourth-order valence-electron chi connectivity index (χ4n) is 6.51. The standard InChI is InChI=1S/2C19H16BrN3O.C17H14BrN3O/c20-17-8-4-7-16(22-17)11-15(12-21)19(24)23-18(14-9-10-14)13-5-2-1-3-6-13;1-14(15-7-3-2-4-8-15)22-19(24)16(13-21)9-5-10-17-11-6-12-18(20)23-17;1-12(13-6-3-2-4-7-13)20-17(22)14(11-19)10-15-8-5-9-16(18)21-15/h1-8,11,14,18H,9-10H2,(H,23,24);2-12,14H,1H3,(H,22,24);2-10,12H,1H3,(H,20,22)/b15-11+;10-5+,16-9+;14-10+/t18-;14-;12-/m100/s1. The highest BCUT2D eigenvalue weighted by molar-refractivity contribution is 9.11. The SMILES string of the molecule is C[C@H](NC(=O)/C(C#N)=C/C=C/c1cccc(Br)n1)c1ccccc1.C[C@H](NC(=O)/C(C#N)=C/c1cccc(Br)n1)c1ccccc1.N#C/C(=C\c1cccc(Br)n1)C(=O)N[C@H](c1ccccc1)C1CC1. The molecule has 0 bridgehead atoms. The lowest BCUT2D eigenvalue weighted by atomic mass is 10.0. The molecule has 1 fully saturated rings. The summed E-state index contributed by atoms with van der Waals surface area (Å²) in [5, 5.41) is 36.4. The maximum atomic E-state index is 12.5. The summed E-state index contributed by atoms with van der Waals surface area (Å²) in [7, 11) is 0. The number of benzene rings is 3. The van der Waals surface area contributed by atoms with Crippen LogP contribution in [-0.4, -0.2) is 32.7 Å². The summed E-state index contributed by atoms with van der Waals surface area (Å²) >= 11 is 9.84. The Hall–Kier alpha value is -7.61. The third-order valence-electron chi connectivity index (χ3n) is 10.3. The highest BCUT2D eigenvalue weighted by atomic mass is 79.9. The molecule has 7 rings (SSSR count). The van der Waals surface area contributed by atoms with Gasteiger partial charge in [-0.3, -0.25) is 14.4 Å². The van der Waals surface area contributed by atoms with Gasteiger partial charge in [0.1, 0.15) is 48.7 Å². The third-order valence-corrected chi connectivity index (χ3v) is 11.6. The maximum Gasteiger partial charge on any atom is 0.262 e. The second kappa shape index (κ2) is 28.0. The van der Waals surface area contributed by atoms with Crippen molar-refractivity contribution in [3.63, 3.8) is 0 Å². The van der Waals surface area contributed by atoms with Crippen LogP contribution in [0.15, 0.2) is 188 Å². The van der Waals surface area contributed by atoms with E-state index in [1.54, 1.807) is 42.5 Å². The third kappa shape index (κ3) is 17.8. The Morgan fingerprint density at radius 3 is 1.29 bits per heavy atom. The van der Waals surface area contributed by atoms with Gasteiger partial charge in [0, 0.05) is 0 Å². The van der Waals surface area contributed by atoms with Crippen molar-refractivity contribution in [2.45, 2.75) is 44.8 Å². The summed E-state index contributed by atoms with van der Waals surface area (Å²) in [6, 6.07) is 50.7. The molecule has 0 saturated heterocycles. The topological polar surface area (TPSA) is 197 Å². The minimum absolute atomic E-state index is 0.0216. The Balaban J connectivity index is 0.000000196. The smallest absolute Gasteiger partial charge is 0.262 e. The van der Waals surface area contributed by atoms with E-state index in [9.17, 15) is 30.2 Å². The van der Waals surface area contributed by atoms with Crippen molar-refractivity contribution in [2.24, 2.45) is 5.92 Å². The van der Waals surface area contributed by atoms with Gasteiger partial charge in [-0.05, 0) is 158 Å². The first kappa shape index (κ1) is 53.3. The fraction of sp³-hybridized carbons (Fsp3) is 0.145. The Morgan fingerprint density at radius 2 is 0.886 bits per heavy atom. The first-order valence-corrected chi connectivity index (χ1v) is 24.2. The molecule has 0 radical (unpaired) electrons. The van der Waals surface area contributed by atoms with Crippen LogP contribution < -0.4 is 16.0 Å². The van der Waals surface area contributed by atoms with Crippen LogP contribution in [0.4, 0.5) is 0 Å². The Labute approximate surface area is 433 Å². The molecule has 3 N–H and O–H groups in total. The van der Waals surface area contributed by atoms with Crippen LogP contribution in [0.2, 0.25) is 0 Å². The zero-order valence-corrected chi connectivity index (χ0v) is 42.8. The van der Waals surface area contributed by atoms with Crippen molar-refractivity contribution < 1.29 is 14.4 Å². The molecule has 1 aliphatic carbocycles. The number of nitriles is 3. The van der Waals surface area contributed by atoms with E-state index in [2.05, 4.69) is 78.7 Å². The number of carbonyl (C=O) groups excluding carboxylic acids is 3. The van der Waals surface area contributed by atoms with E-state index in [1.165, 1.54) is 18.2 Å². The predicted octanol–water partition coefficient (Wildman–Crippen LogP) is 11.8. The van der Waals surface area contributed by atoms with Gasteiger partial charge in [0.05, 0.1) is 35.2 Å². The number of aromatic nitrogens is 3. The Morgan fingerprint density at radius 1 is 0.514 bits per heavy atom. The lowest BCUT2D eigenvalue weighted by Crippen LogP contribution is -2.30. The minimum Gasteiger partial charge on any atom is -0.345 e. The Kier molecular flexibility index (Phi) is 21.4. The molecule has 15 heteroatoms. The van der Waals surface area contributed by atoms with E-state index < -0.39 is 11.8 Å². The molecule has 3 heterocycles. The van der Waals surface area contributed by atoms with Crippen molar-refractivity contribution >= 4 is 83.7 Å². The van der Waals surface area contributed by atoms with Gasteiger partial charge >= 0.3 is 0 Å². The highest BCUT2D eigenvalue weighted by Gasteiger charge is 2.34. The van der Waals surface area contributed by atoms with Crippen LogP contribution in [0, 0.1) is 39.9 Å². The summed E-state index contributed by atoms with van der Waals surface area (Å²) in [6.45, 7) is 3.75. The van der Waals surface area contributed by atoms with E-state index in [0.717, 1.165) is 39.8 Å². The molecule has 12 nitrogen and oxygen atoms in total. The van der Waals surface area contributed by atoms with Gasteiger partial charge < -0.3 is 16.0 Å². The number of allylic oxidation sites excluding steroid dienone is 2. The van der Waals surface area contributed by atoms with Gasteiger partial charge in [-0.1, -0.05) is 115 Å². The highest BCUT2D eigenvalue weighted by Crippen LogP contribution is 2.41. The zero-order chi connectivity index (χ0) is 50.3. The minimum atomic E-state index is -0.416. The van der Waals surface area contributed by atoms with E-state index in [-0.39, 0.29) is 40.8 Å². The van der Waals surface area contributed by atoms with Crippen molar-refractivity contribution in [3.8, 4) is 18.2 Å². The Bertz CT molecular complexity index is 2990. The molecule has 6 aromatic rings. The first-order valence-electron chi connectivity index (χ1n) is 21.8. The number of nitrogens with one attached hydrogen (secondary N) is 3. The monoisotopic (exact) mass is 1120 g/mol. The lowest BCUT2D eigenvalue weighted by Gasteiger charge is -2.18. The van der Waals surface area contributed by atoms with Gasteiger partial charge in [-0.2, -0.15) is 15.8 Å². The van der Waals surface area contributed by atoms with Gasteiger partial charge in [0.25, 0.3) is 17.7 Å². The number of pyridine rings is 3. The summed E-state index contributed by atoms with van der Waals surface area (Å²) in [5.41, 5.74) is 5.01. The molecular formula is C55H46Br3N9O3. The van der Waals surface area contributed by atoms with Gasteiger partial charge in [0.15, 0.2) is 0 Å². The van der Waals surface area contributed by atoms with Crippen LogP contribution in [0.1, 0.15) is 78.6 Å². The second-order valence-corrected chi connectivity index (χ2v) is 17.9. The average Bonchev–Trinajstić information content (AvgIpc) is 4.22. The maximum absolute atomic E-state index is 12.5. The summed E-state index contributed by atoms with van der Waals surface area (Å²) in [5.74, 6) is -0.735. The molecule has 0 spiro atoms. The van der Waals surface area contributed by atoms with Gasteiger partial charge in [-0.15, -0.1) is 0 Å². The fourth-order valence-corrected chi connectivity index (χ4v) is 7.58. The van der Waals surface area contributed by atoms with Gasteiger partial charge in [0.2, 0.25) is 0 Å². The van der Waals surface area contributed by atoms with Crippen molar-refractivity contribution in [2.75, 3.05) is 0 Å². The van der Waals surface area contributed by atoms with E-state index in [1.807, 2.05) is 147 Å². The lowest BCUT2D eigenvalue weighted by molar-refractivity contribution is -0.118. The number of halogens is 3. The average molecular weight is 1120 g/mol. The van der Waals surface area contributed by atoms with Crippen LogP contribution in [0.5, 0.6) is 0 Å². The number of hydrogen-bond donors (Lipinski definition) is 3. The molecule has 3 atom stereocenters. The van der Waals surface area contributed by atoms with Crippen LogP contribution in [-0.2, 0) is 14.4 Å². The number of amides is 3. The first-order chi connectivity index (χ1) is 33.9. The van der Waals surface area contributed by atoms with E-state index >= 15 is 0 Å². The van der Waals surface area contributed by atoms with Crippen molar-refractivity contribution in [1.29, 1.82) is 15.8 Å². The van der Waals surface area contributed by atoms with E-state index in [4.69, 9.17) is 0 Å². The number of nitrogens with zero attached hydrogens (tertiary/aromatic N) is 6. The molecule has 1 aliphatic rings. The molecule has 1 saturated carbocycles. The number of hydrogen-bond acceptors (Lipinski definition) is 9. The van der Waals surface area contributed by atoms with Crippen molar-refractivity contribution in [3.05, 3.63) is 222 Å². The molecule has 0 unspecified atom stereocenters. The van der Waals surface area contributed by atoms with Crippen LogP contribution in [0.25, 0.3) is 18.2 Å². The normalized spacial score (nSPS) is 13.5. The summed E-state index contributed by atoms with van der Waals surface area (Å²) in [6.07, 6.45) is 10.0. The summed E-state index contributed by atoms with van der Waals surface area (Å²) in [4.78, 5) is 49.6. The summed E-state index contributed by atoms with van der Waals surface area (Å²) < 4.78 is 2.04. The van der Waals surface area contributed by atoms with Gasteiger partial charge in [-0.25, -0.2) is 15.0 Å². The zero-order valence-electron chi connectivity index (χ0n) is 38.0. The van der Waals surface area contributed by atoms with Crippen molar-refractivity contribution in [1.82, 2.24) is 30.9 Å². The molecule has 3 amide bonds. The molecule has 350 valence electrons. The molecule has 3 aromatic carbocycles. The molecule has 3 aromatic heterocycles. The van der Waals surface area contributed by atoms with Crippen LogP contribution in [0.3, 0.4) is 0 Å². The predicted molar refractivity (Wildman–Crippen MR) is 282 cm³/mol. The number of carbonyl (C=O) groups is 3.